The van der Waals surface area contributed by atoms with Crippen LogP contribution in [0.4, 0.5) is 5.69 Å². The summed E-state index contributed by atoms with van der Waals surface area (Å²) in [4.78, 5) is 30.0. The summed E-state index contributed by atoms with van der Waals surface area (Å²) in [6.07, 6.45) is 0. The van der Waals surface area contributed by atoms with Crippen LogP contribution in [0.1, 0.15) is 16.7 Å². The van der Waals surface area contributed by atoms with E-state index in [4.69, 9.17) is 0 Å². The first-order chi connectivity index (χ1) is 17.1. The highest BCUT2D eigenvalue weighted by molar-refractivity contribution is 6.49. The molecule has 8 nitrogen and oxygen atoms in total. The maximum absolute atomic E-state index is 13.5. The molecule has 5 rings (SSSR count). The molecule has 4 N–H and O–H groups in total. The quantitative estimate of drug-likeness (QED) is 0.325. The van der Waals surface area contributed by atoms with Gasteiger partial charge in [-0.1, -0.05) is 48.5 Å². The van der Waals surface area contributed by atoms with Crippen molar-refractivity contribution in [1.82, 2.24) is 4.90 Å². The topological polar surface area (TPSA) is 122 Å². The number of phenols is 2. The van der Waals surface area contributed by atoms with Gasteiger partial charge in [-0.05, 0) is 10.9 Å². The van der Waals surface area contributed by atoms with E-state index >= 15 is 0 Å². The Morgan fingerprint density at radius 3 is 1.75 bits per heavy atom. The van der Waals surface area contributed by atoms with E-state index in [2.05, 4.69) is 0 Å². The molecule has 0 aromatic heterocycles. The summed E-state index contributed by atoms with van der Waals surface area (Å²) < 4.78 is 0. The van der Waals surface area contributed by atoms with Crippen molar-refractivity contribution in [3.8, 4) is 11.5 Å². The minimum Gasteiger partial charge on any atom is -0.506 e. The van der Waals surface area contributed by atoms with Crippen molar-refractivity contribution < 1.29 is 30.0 Å². The van der Waals surface area contributed by atoms with Gasteiger partial charge in [0.2, 0.25) is 11.6 Å². The number of ketones is 2. The lowest BCUT2D eigenvalue weighted by Crippen LogP contribution is -2.29. The van der Waals surface area contributed by atoms with Gasteiger partial charge in [0.25, 0.3) is 0 Å². The number of phenolic OH excluding ortho intramolecular Hbond substituents is 2. The number of anilines is 1. The second-order valence-corrected chi connectivity index (χ2v) is 9.13. The third kappa shape index (κ3) is 2.94. The van der Waals surface area contributed by atoms with E-state index in [0.717, 1.165) is 0 Å². The Balaban J connectivity index is 1.81. The fraction of sp³-hybridized carbons (Fsp3) is 0.143. The van der Waals surface area contributed by atoms with Gasteiger partial charge in [-0.15, -0.1) is 0 Å². The third-order valence-electron chi connectivity index (χ3n) is 6.58. The second-order valence-electron chi connectivity index (χ2n) is 9.13. The molecule has 0 saturated heterocycles. The van der Waals surface area contributed by atoms with E-state index in [0.29, 0.717) is 33.3 Å². The van der Waals surface area contributed by atoms with E-state index < -0.39 is 34.6 Å². The number of rotatable bonds is 3. The van der Waals surface area contributed by atoms with Crippen LogP contribution in [0.3, 0.4) is 0 Å². The highest BCUT2D eigenvalue weighted by Gasteiger charge is 2.44. The molecule has 0 amide bonds. The zero-order valence-corrected chi connectivity index (χ0v) is 20.1. The smallest absolute Gasteiger partial charge is 0.231 e. The van der Waals surface area contributed by atoms with Crippen LogP contribution in [0, 0.1) is 0 Å². The Morgan fingerprint density at radius 1 is 0.583 bits per heavy atom. The lowest BCUT2D eigenvalue weighted by molar-refractivity contribution is -0.114. The van der Waals surface area contributed by atoms with Crippen molar-refractivity contribution >= 4 is 44.9 Å². The normalized spacial score (nSPS) is 17.4. The molecule has 36 heavy (non-hydrogen) atoms. The van der Waals surface area contributed by atoms with Gasteiger partial charge in [-0.25, -0.2) is 0 Å². The van der Waals surface area contributed by atoms with Crippen molar-refractivity contribution in [1.29, 1.82) is 0 Å². The predicted molar refractivity (Wildman–Crippen MR) is 138 cm³/mol. The maximum Gasteiger partial charge on any atom is 0.231 e. The molecule has 3 aromatic carbocycles. The number of hydrogen-bond donors (Lipinski definition) is 4. The first-order valence-corrected chi connectivity index (χ1v) is 11.2. The van der Waals surface area contributed by atoms with E-state index in [-0.39, 0.29) is 22.3 Å². The van der Waals surface area contributed by atoms with Crippen LogP contribution < -0.4 is 4.90 Å². The molecular weight excluding hydrogens is 460 g/mol. The molecule has 8 heteroatoms. The Labute approximate surface area is 206 Å². The highest BCUT2D eigenvalue weighted by atomic mass is 16.3. The summed E-state index contributed by atoms with van der Waals surface area (Å²) in [6.45, 7) is 0. The van der Waals surface area contributed by atoms with Crippen molar-refractivity contribution in [2.45, 2.75) is 0 Å². The molecular formula is C28H24N2O6. The monoisotopic (exact) mass is 484 g/mol. The Hall–Kier alpha value is -4.72. The minimum atomic E-state index is -0.786. The molecule has 0 heterocycles. The molecule has 3 aromatic rings. The van der Waals surface area contributed by atoms with E-state index in [9.17, 15) is 30.0 Å². The summed E-state index contributed by atoms with van der Waals surface area (Å²) in [6, 6.07) is 13.7. The zero-order chi connectivity index (χ0) is 26.0. The van der Waals surface area contributed by atoms with Crippen LogP contribution >= 0.6 is 0 Å². The predicted octanol–water partition coefficient (Wildman–Crippen LogP) is 3.99. The van der Waals surface area contributed by atoms with Gasteiger partial charge in [-0.3, -0.25) is 9.59 Å². The summed E-state index contributed by atoms with van der Waals surface area (Å²) in [5.41, 5.74) is 1.02. The molecule has 0 unspecified atom stereocenters. The number of aliphatic hydroxyl groups excluding tert-OH is 2. The summed E-state index contributed by atoms with van der Waals surface area (Å²) in [7, 11) is 6.80. The molecule has 0 aliphatic heterocycles. The van der Waals surface area contributed by atoms with Crippen LogP contribution in [0.2, 0.25) is 0 Å². The number of benzene rings is 3. The van der Waals surface area contributed by atoms with Gasteiger partial charge in [0.05, 0.1) is 22.5 Å². The molecule has 182 valence electrons. The summed E-state index contributed by atoms with van der Waals surface area (Å²) in [5, 5.41) is 44.6. The third-order valence-corrected chi connectivity index (χ3v) is 6.58. The van der Waals surface area contributed by atoms with Gasteiger partial charge < -0.3 is 30.2 Å². The maximum atomic E-state index is 13.5. The Morgan fingerprint density at radius 2 is 1.17 bits per heavy atom. The average Bonchev–Trinajstić information content (AvgIpc) is 2.84. The van der Waals surface area contributed by atoms with Gasteiger partial charge in [0, 0.05) is 50.3 Å². The molecule has 0 bridgehead atoms. The van der Waals surface area contributed by atoms with E-state index in [1.165, 1.54) is 0 Å². The first-order valence-electron chi connectivity index (χ1n) is 11.2. The fourth-order valence-electron chi connectivity index (χ4n) is 5.05. The molecule has 0 fully saturated rings. The molecule has 0 atom stereocenters. The van der Waals surface area contributed by atoms with Gasteiger partial charge in [0.15, 0.2) is 17.3 Å². The lowest BCUT2D eigenvalue weighted by atomic mass is 9.74. The summed E-state index contributed by atoms with van der Waals surface area (Å²) in [5.74, 6) is -3.47. The fourth-order valence-corrected chi connectivity index (χ4v) is 5.05. The molecule has 0 saturated carbocycles. The van der Waals surface area contributed by atoms with Crippen molar-refractivity contribution in [2.75, 3.05) is 33.1 Å². The number of allylic oxidation sites excluding steroid dienone is 3. The number of carbonyl (C=O) groups excluding carboxylic acids is 2. The van der Waals surface area contributed by atoms with Crippen LogP contribution in [0.5, 0.6) is 11.5 Å². The largest absolute Gasteiger partial charge is 0.506 e. The van der Waals surface area contributed by atoms with Crippen molar-refractivity contribution in [3.63, 3.8) is 0 Å². The van der Waals surface area contributed by atoms with Gasteiger partial charge >= 0.3 is 0 Å². The van der Waals surface area contributed by atoms with Crippen LogP contribution in [-0.4, -0.2) is 65.1 Å². The number of Topliss-reactive ketones (excluding diaryl/α,β-unsaturated/α-hetero) is 2. The number of nitrogens with zero attached hydrogens (tertiary/aromatic N) is 2. The van der Waals surface area contributed by atoms with E-state index in [1.807, 2.05) is 0 Å². The highest BCUT2D eigenvalue weighted by Crippen LogP contribution is 2.52. The Bertz CT molecular complexity index is 1610. The van der Waals surface area contributed by atoms with Crippen molar-refractivity contribution in [3.05, 3.63) is 82.3 Å². The van der Waals surface area contributed by atoms with Gasteiger partial charge in [0.1, 0.15) is 5.76 Å². The zero-order valence-electron chi connectivity index (χ0n) is 20.1. The number of aliphatic hydroxyl groups is 2. The van der Waals surface area contributed by atoms with E-state index in [1.54, 1.807) is 86.5 Å². The summed E-state index contributed by atoms with van der Waals surface area (Å²) >= 11 is 0. The second kappa shape index (κ2) is 7.91. The first kappa shape index (κ1) is 23.0. The number of fused-ring (bicyclic) bond motifs is 2. The SMILES string of the molecule is CN(C)C1=C(O)C(=O)C(=C2C(=O)C(c3c(O)c(O)c(N(C)C)c4ccccc34)=C2O)c2ccccc21. The Kier molecular flexibility index (Phi) is 5.06. The number of carbonyl (C=O) groups is 2. The standard InChI is InChI=1S/C28H24N2O6/c1-29(2)21-15-11-7-5-9-13(15)17(25(33)27(21)35)19-23(31)20(24(19)32)18-14-10-6-8-12-16(14)22(30(3)4)28(36)26(18)34/h5-12,31,33,35-36H,1-4H3. The van der Waals surface area contributed by atoms with Crippen molar-refractivity contribution in [2.24, 2.45) is 0 Å². The van der Waals surface area contributed by atoms with Crippen LogP contribution in [0.25, 0.3) is 27.6 Å². The van der Waals surface area contributed by atoms with Gasteiger partial charge in [-0.2, -0.15) is 0 Å². The van der Waals surface area contributed by atoms with Crippen LogP contribution in [0.15, 0.2) is 65.6 Å². The van der Waals surface area contributed by atoms with Crippen LogP contribution in [-0.2, 0) is 9.59 Å². The molecule has 0 spiro atoms. The number of hydrogen-bond acceptors (Lipinski definition) is 8. The molecule has 2 aliphatic carbocycles. The average molecular weight is 485 g/mol. The number of aromatic hydroxyl groups is 2. The molecule has 2 aliphatic rings. The molecule has 0 radical (unpaired) electrons. The minimum absolute atomic E-state index is 0.0224. The lowest BCUT2D eigenvalue weighted by Gasteiger charge is -2.31.